The highest BCUT2D eigenvalue weighted by Gasteiger charge is 2.28. The highest BCUT2D eigenvalue weighted by Crippen LogP contribution is 2.47. The monoisotopic (exact) mass is 923 g/mol. The third-order valence-corrected chi connectivity index (χ3v) is 15.4. The van der Waals surface area contributed by atoms with Gasteiger partial charge in [0.2, 0.25) is 0 Å². The molecule has 0 aromatic heterocycles. The van der Waals surface area contributed by atoms with Crippen LogP contribution in [0.4, 0.5) is 0 Å². The van der Waals surface area contributed by atoms with Gasteiger partial charge in [0.1, 0.15) is 23.0 Å². The van der Waals surface area contributed by atoms with Crippen molar-refractivity contribution in [1.82, 2.24) is 0 Å². The van der Waals surface area contributed by atoms with E-state index in [4.69, 9.17) is 18.1 Å². The highest BCUT2D eigenvalue weighted by atomic mass is 31.2. The maximum Gasteiger partial charge on any atom is 0.326 e. The zero-order valence-corrected chi connectivity index (χ0v) is 45.6. The van der Waals surface area contributed by atoms with E-state index >= 15 is 0 Å². The molecule has 0 bridgehead atoms. The topological polar surface area (TPSA) is 36.9 Å². The highest BCUT2D eigenvalue weighted by molar-refractivity contribution is 7.57. The second-order valence-electron chi connectivity index (χ2n) is 22.7. The van der Waals surface area contributed by atoms with Crippen LogP contribution >= 0.6 is 16.8 Å². The van der Waals surface area contributed by atoms with Crippen LogP contribution in [0.1, 0.15) is 150 Å². The van der Waals surface area contributed by atoms with Gasteiger partial charge in [0, 0.05) is 0 Å². The number of aryl methyl sites for hydroxylation is 8. The van der Waals surface area contributed by atoms with Crippen LogP contribution in [0.2, 0.25) is 0 Å². The lowest BCUT2D eigenvalue weighted by Crippen LogP contribution is -2.16. The zero-order chi connectivity index (χ0) is 48.8. The molecular weight excluding hydrogens is 847 g/mol. The summed E-state index contributed by atoms with van der Waals surface area (Å²) in [5.74, 6) is 3.38. The van der Waals surface area contributed by atoms with Crippen LogP contribution in [0, 0.1) is 55.4 Å². The number of benzene rings is 6. The molecule has 6 rings (SSSR count). The van der Waals surface area contributed by atoms with Gasteiger partial charge in [-0.05, 0) is 203 Å². The Morgan fingerprint density at radius 3 is 0.652 bits per heavy atom. The van der Waals surface area contributed by atoms with Crippen LogP contribution in [0.15, 0.2) is 97.1 Å². The molecule has 0 radical (unpaired) electrons. The van der Waals surface area contributed by atoms with Gasteiger partial charge in [-0.25, -0.2) is 0 Å². The van der Waals surface area contributed by atoms with E-state index in [9.17, 15) is 0 Å². The molecular formula is C60H76O4P2. The molecule has 0 amide bonds. The van der Waals surface area contributed by atoms with Crippen molar-refractivity contribution in [3.8, 4) is 34.1 Å². The minimum Gasteiger partial charge on any atom is -0.435 e. The molecule has 0 saturated heterocycles. The molecule has 0 atom stereocenters. The van der Waals surface area contributed by atoms with Gasteiger partial charge < -0.3 is 18.1 Å². The smallest absolute Gasteiger partial charge is 0.326 e. The van der Waals surface area contributed by atoms with Crippen LogP contribution in [0.3, 0.4) is 0 Å². The van der Waals surface area contributed by atoms with Gasteiger partial charge >= 0.3 is 16.8 Å². The summed E-state index contributed by atoms with van der Waals surface area (Å²) in [4.78, 5) is 0. The Labute approximate surface area is 401 Å². The number of rotatable bonds is 11. The fourth-order valence-corrected chi connectivity index (χ4v) is 11.7. The SMILES string of the molecule is Cc1cc(C(C)(C)C)c(C)cc1OP(Oc1cc(C)c(C(C)(C)C)cc1C)c1ccc(-c2ccc(P(Oc3cc(C)c(C(C)(C)C)cc3C)Oc3cc(C)c(C(C)(C)C)cc3C)cc2)cc1. The van der Waals surface area contributed by atoms with Gasteiger partial charge in [0.05, 0.1) is 10.6 Å². The van der Waals surface area contributed by atoms with E-state index in [1.807, 2.05) is 0 Å². The average molecular weight is 923 g/mol. The normalized spacial score (nSPS) is 12.5. The van der Waals surface area contributed by atoms with Gasteiger partial charge in [-0.1, -0.05) is 132 Å². The van der Waals surface area contributed by atoms with Crippen LogP contribution in [0.25, 0.3) is 11.1 Å². The standard InChI is InChI=1S/C60H76O4P2/c1-37-33-53(41(5)29-49(37)57(9,10)11)61-65(62-54-34-38(2)50(30-42(54)6)58(12,13)14)47-25-21-45(22-26-47)46-23-27-48(28-24-46)66(63-55-35-39(3)51(31-43(55)7)59(15,16)17)64-56-36-40(4)52(32-44(56)8)60(18,19)20/h21-36H,1-20H3. The van der Waals surface area contributed by atoms with E-state index in [-0.39, 0.29) is 21.7 Å². The molecule has 66 heavy (non-hydrogen) atoms. The van der Waals surface area contributed by atoms with E-state index in [0.29, 0.717) is 0 Å². The molecule has 4 nitrogen and oxygen atoms in total. The Morgan fingerprint density at radius 2 is 0.470 bits per heavy atom. The van der Waals surface area contributed by atoms with Gasteiger partial charge in [-0.2, -0.15) is 0 Å². The van der Waals surface area contributed by atoms with Crippen molar-refractivity contribution < 1.29 is 18.1 Å². The largest absolute Gasteiger partial charge is 0.435 e. The fraction of sp³-hybridized carbons (Fsp3) is 0.400. The van der Waals surface area contributed by atoms with Crippen LogP contribution in [0.5, 0.6) is 23.0 Å². The Kier molecular flexibility index (Phi) is 14.8. The molecule has 0 aliphatic heterocycles. The van der Waals surface area contributed by atoms with Gasteiger partial charge in [0.15, 0.2) is 0 Å². The van der Waals surface area contributed by atoms with E-state index in [0.717, 1.165) is 67.0 Å². The second kappa shape index (κ2) is 19.2. The van der Waals surface area contributed by atoms with Crippen molar-refractivity contribution in [1.29, 1.82) is 0 Å². The maximum atomic E-state index is 6.96. The Balaban J connectivity index is 1.35. The lowest BCUT2D eigenvalue weighted by atomic mass is 9.83. The molecule has 6 heteroatoms. The molecule has 0 N–H and O–H groups in total. The summed E-state index contributed by atoms with van der Waals surface area (Å²) in [6, 6.07) is 35.2. The lowest BCUT2D eigenvalue weighted by molar-refractivity contribution is 0.494. The zero-order valence-electron chi connectivity index (χ0n) is 43.8. The first-order valence-corrected chi connectivity index (χ1v) is 25.9. The molecule has 350 valence electrons. The molecule has 6 aromatic rings. The predicted molar refractivity (Wildman–Crippen MR) is 286 cm³/mol. The predicted octanol–water partition coefficient (Wildman–Crippen LogP) is 17.2. The first-order chi connectivity index (χ1) is 30.5. The third-order valence-electron chi connectivity index (χ3n) is 12.5. The Hall–Kier alpha value is -4.62. The number of hydrogen-bond acceptors (Lipinski definition) is 4. The van der Waals surface area contributed by atoms with Crippen molar-refractivity contribution in [2.45, 2.75) is 160 Å². The van der Waals surface area contributed by atoms with Crippen LogP contribution in [-0.2, 0) is 21.7 Å². The van der Waals surface area contributed by atoms with Crippen molar-refractivity contribution >= 4 is 27.4 Å². The van der Waals surface area contributed by atoms with E-state index in [1.165, 1.54) is 44.5 Å². The summed E-state index contributed by atoms with van der Waals surface area (Å²) in [6.45, 7) is 44.4. The minimum absolute atomic E-state index is 0.0289. The van der Waals surface area contributed by atoms with E-state index in [2.05, 4.69) is 236 Å². The first kappa shape index (κ1) is 50.8. The third kappa shape index (κ3) is 11.7. The van der Waals surface area contributed by atoms with Crippen LogP contribution in [-0.4, -0.2) is 0 Å². The minimum atomic E-state index is -1.54. The maximum absolute atomic E-state index is 6.96. The molecule has 0 heterocycles. The van der Waals surface area contributed by atoms with Crippen LogP contribution < -0.4 is 28.7 Å². The van der Waals surface area contributed by atoms with Gasteiger partial charge in [-0.15, -0.1) is 0 Å². The first-order valence-electron chi connectivity index (χ1n) is 23.5. The molecule has 0 aliphatic rings. The van der Waals surface area contributed by atoms with Crippen molar-refractivity contribution in [3.05, 3.63) is 164 Å². The molecule has 0 spiro atoms. The summed E-state index contributed by atoms with van der Waals surface area (Å²) in [6.07, 6.45) is 0. The quantitative estimate of drug-likeness (QED) is 0.121. The Morgan fingerprint density at radius 1 is 0.273 bits per heavy atom. The Bertz CT molecular complexity index is 2370. The van der Waals surface area contributed by atoms with Gasteiger partial charge in [-0.3, -0.25) is 0 Å². The molecule has 0 unspecified atom stereocenters. The fourth-order valence-electron chi connectivity index (χ4n) is 8.94. The average Bonchev–Trinajstić information content (AvgIpc) is 3.20. The van der Waals surface area contributed by atoms with Crippen molar-refractivity contribution in [2.24, 2.45) is 0 Å². The molecule has 0 saturated carbocycles. The lowest BCUT2D eigenvalue weighted by Gasteiger charge is -2.27. The summed E-state index contributed by atoms with van der Waals surface area (Å²) in [7, 11) is -3.09. The van der Waals surface area contributed by atoms with E-state index in [1.54, 1.807) is 0 Å². The molecule has 6 aromatic carbocycles. The molecule has 0 fully saturated rings. The van der Waals surface area contributed by atoms with Crippen molar-refractivity contribution in [2.75, 3.05) is 0 Å². The summed E-state index contributed by atoms with van der Waals surface area (Å²) < 4.78 is 27.8. The molecule has 0 aliphatic carbocycles. The van der Waals surface area contributed by atoms with Crippen molar-refractivity contribution in [3.63, 3.8) is 0 Å². The number of hydrogen-bond donors (Lipinski definition) is 0. The van der Waals surface area contributed by atoms with E-state index < -0.39 is 16.8 Å². The summed E-state index contributed by atoms with van der Waals surface area (Å²) in [5.41, 5.74) is 16.9. The summed E-state index contributed by atoms with van der Waals surface area (Å²) in [5, 5.41) is 1.99. The summed E-state index contributed by atoms with van der Waals surface area (Å²) >= 11 is 0. The second-order valence-corrected chi connectivity index (χ2v) is 25.5. The van der Waals surface area contributed by atoms with Gasteiger partial charge in [0.25, 0.3) is 0 Å².